The second-order valence-electron chi connectivity index (χ2n) is 3.69. The average molecular weight is 228 g/mol. The van der Waals surface area contributed by atoms with Gasteiger partial charge in [0.2, 0.25) is 0 Å². The average Bonchev–Trinajstić information content (AvgIpc) is 2.96. The molecule has 0 amide bonds. The molecule has 0 radical (unpaired) electrons. The molecule has 2 rings (SSSR count). The van der Waals surface area contributed by atoms with E-state index in [0.717, 1.165) is 12.1 Å². The lowest BCUT2D eigenvalue weighted by molar-refractivity contribution is -0.142. The van der Waals surface area contributed by atoms with E-state index in [2.05, 4.69) is 0 Å². The molecule has 1 aromatic carbocycles. The Morgan fingerprint density at radius 2 is 2.25 bits per heavy atom. The zero-order valence-electron chi connectivity index (χ0n) is 8.63. The summed E-state index contributed by atoms with van der Waals surface area (Å²) < 4.78 is 36.1. The van der Waals surface area contributed by atoms with Crippen LogP contribution in [-0.4, -0.2) is 19.2 Å². The predicted molar refractivity (Wildman–Crippen MR) is 50.6 cm³/mol. The first-order valence-corrected chi connectivity index (χ1v) is 4.76. The van der Waals surface area contributed by atoms with Crippen LogP contribution in [0.15, 0.2) is 18.2 Å². The first-order chi connectivity index (χ1) is 7.53. The number of carbonyl (C=O) groups excluding carboxylic acids is 1. The third-order valence-corrected chi connectivity index (χ3v) is 2.42. The van der Waals surface area contributed by atoms with Gasteiger partial charge in [0.05, 0.1) is 6.61 Å². The van der Waals surface area contributed by atoms with E-state index in [1.165, 1.54) is 13.0 Å². The van der Waals surface area contributed by atoms with Crippen molar-refractivity contribution in [2.45, 2.75) is 12.5 Å². The Labute approximate surface area is 91.0 Å². The molecule has 0 spiro atoms. The normalized spacial score (nSPS) is 22.9. The number of esters is 1. The Morgan fingerprint density at radius 3 is 2.75 bits per heavy atom. The lowest BCUT2D eigenvalue weighted by Crippen LogP contribution is -2.20. The predicted octanol–water partition coefficient (Wildman–Crippen LogP) is 1.75. The summed E-state index contributed by atoms with van der Waals surface area (Å²) in [6.07, 6.45) is 0. The minimum Gasteiger partial charge on any atom is -0.462 e. The van der Waals surface area contributed by atoms with Gasteiger partial charge in [-0.05, 0) is 6.07 Å². The molecule has 0 N–H and O–H groups in total. The zero-order valence-corrected chi connectivity index (χ0v) is 8.63. The number of benzene rings is 1. The smallest absolute Gasteiger partial charge is 0.302 e. The monoisotopic (exact) mass is 228 g/mol. The van der Waals surface area contributed by atoms with E-state index >= 15 is 0 Å². The van der Waals surface area contributed by atoms with Gasteiger partial charge in [-0.2, -0.15) is 0 Å². The van der Waals surface area contributed by atoms with Crippen molar-refractivity contribution in [3.8, 4) is 0 Å². The molecular formula is C11H10F2O3. The minimum absolute atomic E-state index is 0.0507. The summed E-state index contributed by atoms with van der Waals surface area (Å²) in [4.78, 5) is 10.7. The number of hydrogen-bond donors (Lipinski definition) is 0. The Hall–Kier alpha value is -1.49. The molecule has 1 saturated heterocycles. The van der Waals surface area contributed by atoms with Crippen molar-refractivity contribution in [2.75, 3.05) is 13.2 Å². The molecule has 16 heavy (non-hydrogen) atoms. The van der Waals surface area contributed by atoms with Crippen LogP contribution >= 0.6 is 0 Å². The van der Waals surface area contributed by atoms with E-state index in [1.54, 1.807) is 0 Å². The second kappa shape index (κ2) is 3.83. The quantitative estimate of drug-likeness (QED) is 0.584. The van der Waals surface area contributed by atoms with Gasteiger partial charge >= 0.3 is 5.97 Å². The molecule has 1 unspecified atom stereocenters. The molecule has 86 valence electrons. The van der Waals surface area contributed by atoms with Crippen molar-refractivity contribution in [1.29, 1.82) is 0 Å². The highest BCUT2D eigenvalue weighted by Crippen LogP contribution is 2.40. The lowest BCUT2D eigenvalue weighted by atomic mass is 10.0. The van der Waals surface area contributed by atoms with E-state index in [-0.39, 0.29) is 18.8 Å². The molecular weight excluding hydrogens is 218 g/mol. The molecule has 1 aromatic rings. The fourth-order valence-corrected chi connectivity index (χ4v) is 1.48. The van der Waals surface area contributed by atoms with E-state index in [0.29, 0.717) is 0 Å². The number of halogens is 2. The summed E-state index contributed by atoms with van der Waals surface area (Å²) >= 11 is 0. The van der Waals surface area contributed by atoms with Crippen LogP contribution < -0.4 is 0 Å². The van der Waals surface area contributed by atoms with Gasteiger partial charge in [0.15, 0.2) is 5.60 Å². The summed E-state index contributed by atoms with van der Waals surface area (Å²) in [7, 11) is 0. The van der Waals surface area contributed by atoms with Crippen molar-refractivity contribution in [1.82, 2.24) is 0 Å². The number of carbonyl (C=O) groups is 1. The van der Waals surface area contributed by atoms with E-state index < -0.39 is 23.2 Å². The first kappa shape index (κ1) is 11.0. The van der Waals surface area contributed by atoms with Gasteiger partial charge in [0.1, 0.15) is 18.2 Å². The van der Waals surface area contributed by atoms with Crippen LogP contribution in [0.25, 0.3) is 0 Å². The van der Waals surface area contributed by atoms with Crippen LogP contribution in [0.4, 0.5) is 8.78 Å². The van der Waals surface area contributed by atoms with Crippen LogP contribution in [0.1, 0.15) is 12.5 Å². The number of epoxide rings is 1. The van der Waals surface area contributed by atoms with Crippen LogP contribution in [0.3, 0.4) is 0 Å². The van der Waals surface area contributed by atoms with Crippen LogP contribution in [0, 0.1) is 11.6 Å². The van der Waals surface area contributed by atoms with Crippen molar-refractivity contribution in [3.05, 3.63) is 35.4 Å². The molecule has 1 atom stereocenters. The third kappa shape index (κ3) is 2.04. The largest absolute Gasteiger partial charge is 0.462 e. The lowest BCUT2D eigenvalue weighted by Gasteiger charge is -2.12. The zero-order chi connectivity index (χ0) is 11.8. The SMILES string of the molecule is CC(=O)OCC1(c2ccc(F)cc2F)CO1. The van der Waals surface area contributed by atoms with Crippen molar-refractivity contribution < 1.29 is 23.0 Å². The number of ether oxygens (including phenoxy) is 2. The van der Waals surface area contributed by atoms with E-state index in [1.807, 2.05) is 0 Å². The topological polar surface area (TPSA) is 38.8 Å². The number of hydrogen-bond acceptors (Lipinski definition) is 3. The Bertz CT molecular complexity index is 427. The second-order valence-corrected chi connectivity index (χ2v) is 3.69. The maximum absolute atomic E-state index is 13.5. The maximum Gasteiger partial charge on any atom is 0.302 e. The highest BCUT2D eigenvalue weighted by atomic mass is 19.1. The maximum atomic E-state index is 13.5. The van der Waals surface area contributed by atoms with Gasteiger partial charge in [0.25, 0.3) is 0 Å². The highest BCUT2D eigenvalue weighted by molar-refractivity contribution is 5.66. The van der Waals surface area contributed by atoms with Gasteiger partial charge < -0.3 is 9.47 Å². The van der Waals surface area contributed by atoms with Crippen molar-refractivity contribution in [2.24, 2.45) is 0 Å². The minimum atomic E-state index is -0.927. The molecule has 1 aliphatic rings. The molecule has 0 bridgehead atoms. The van der Waals surface area contributed by atoms with Crippen LogP contribution in [0.2, 0.25) is 0 Å². The molecule has 1 heterocycles. The van der Waals surface area contributed by atoms with Gasteiger partial charge in [-0.1, -0.05) is 6.07 Å². The number of rotatable bonds is 3. The van der Waals surface area contributed by atoms with Crippen molar-refractivity contribution in [3.63, 3.8) is 0 Å². The van der Waals surface area contributed by atoms with Gasteiger partial charge in [-0.25, -0.2) is 8.78 Å². The standard InChI is InChI=1S/C11H10F2O3/c1-7(14)15-5-11(6-16-11)9-3-2-8(12)4-10(9)13/h2-4H,5-6H2,1H3. The molecule has 0 aliphatic carbocycles. The van der Waals surface area contributed by atoms with Crippen molar-refractivity contribution >= 4 is 5.97 Å². The highest BCUT2D eigenvalue weighted by Gasteiger charge is 2.49. The van der Waals surface area contributed by atoms with Crippen LogP contribution in [0.5, 0.6) is 0 Å². The summed E-state index contributed by atoms with van der Waals surface area (Å²) in [5.74, 6) is -1.80. The molecule has 5 heteroatoms. The van der Waals surface area contributed by atoms with Crippen LogP contribution in [-0.2, 0) is 19.9 Å². The molecule has 0 saturated carbocycles. The van der Waals surface area contributed by atoms with Gasteiger partial charge in [0, 0.05) is 18.6 Å². The molecule has 3 nitrogen and oxygen atoms in total. The molecule has 0 aromatic heterocycles. The molecule has 1 fully saturated rings. The van der Waals surface area contributed by atoms with E-state index in [4.69, 9.17) is 9.47 Å². The fourth-order valence-electron chi connectivity index (χ4n) is 1.48. The third-order valence-electron chi connectivity index (χ3n) is 2.42. The fraction of sp³-hybridized carbons (Fsp3) is 0.364. The Morgan fingerprint density at radius 1 is 1.56 bits per heavy atom. The summed E-state index contributed by atoms with van der Waals surface area (Å²) in [5.41, 5.74) is -0.709. The van der Waals surface area contributed by atoms with Gasteiger partial charge in [-0.15, -0.1) is 0 Å². The Kier molecular flexibility index (Phi) is 2.63. The van der Waals surface area contributed by atoms with E-state index in [9.17, 15) is 13.6 Å². The summed E-state index contributed by atoms with van der Waals surface area (Å²) in [6.45, 7) is 1.48. The Balaban J connectivity index is 2.19. The molecule has 1 aliphatic heterocycles. The van der Waals surface area contributed by atoms with Gasteiger partial charge in [-0.3, -0.25) is 4.79 Å². The first-order valence-electron chi connectivity index (χ1n) is 4.76. The summed E-state index contributed by atoms with van der Waals surface area (Å²) in [6, 6.07) is 3.24. The summed E-state index contributed by atoms with van der Waals surface area (Å²) in [5, 5.41) is 0.